The molecule has 0 saturated carbocycles. The second-order valence-corrected chi connectivity index (χ2v) is 7.97. The number of carbonyl (C=O) groups is 1. The molecule has 152 valence electrons. The number of aromatic carboxylic acids is 1. The number of carboxylic acid groups (broad SMARTS) is 1. The van der Waals surface area contributed by atoms with Crippen molar-refractivity contribution >= 4 is 28.1 Å². The molecule has 1 saturated heterocycles. The smallest absolute Gasteiger partial charge is 0.356 e. The quantitative estimate of drug-likeness (QED) is 0.527. The van der Waals surface area contributed by atoms with Crippen molar-refractivity contribution in [1.82, 2.24) is 14.7 Å². The van der Waals surface area contributed by atoms with E-state index in [-0.39, 0.29) is 11.7 Å². The minimum Gasteiger partial charge on any atom is -0.476 e. The van der Waals surface area contributed by atoms with E-state index in [0.29, 0.717) is 11.7 Å². The molecule has 1 fully saturated rings. The highest BCUT2D eigenvalue weighted by Gasteiger charge is 2.25. The molecule has 0 unspecified atom stereocenters. The third-order valence-corrected chi connectivity index (χ3v) is 5.99. The Morgan fingerprint density at radius 3 is 2.90 bits per heavy atom. The van der Waals surface area contributed by atoms with Crippen LogP contribution < -0.4 is 10.2 Å². The maximum atomic E-state index is 11.2. The van der Waals surface area contributed by atoms with Gasteiger partial charge in [0, 0.05) is 49.3 Å². The minimum absolute atomic E-state index is 0.0667. The molecule has 1 aliphatic heterocycles. The van der Waals surface area contributed by atoms with Crippen LogP contribution in [-0.2, 0) is 0 Å². The van der Waals surface area contributed by atoms with Crippen LogP contribution in [0.3, 0.4) is 0 Å². The predicted octanol–water partition coefficient (Wildman–Crippen LogP) is 4.12. The van der Waals surface area contributed by atoms with Crippen LogP contribution in [0.25, 0.3) is 16.4 Å². The van der Waals surface area contributed by atoms with Crippen molar-refractivity contribution in [3.63, 3.8) is 0 Å². The molecule has 2 aromatic heterocycles. The summed E-state index contributed by atoms with van der Waals surface area (Å²) in [7, 11) is 0. The van der Waals surface area contributed by atoms with E-state index in [9.17, 15) is 4.79 Å². The van der Waals surface area contributed by atoms with Gasteiger partial charge in [-0.2, -0.15) is 0 Å². The molecule has 2 aromatic carbocycles. The van der Waals surface area contributed by atoms with Crippen LogP contribution >= 0.6 is 0 Å². The molecule has 4 aromatic rings. The molecule has 0 radical (unpaired) electrons. The number of nitrogens with zero attached hydrogens (tertiary/aromatic N) is 3. The Bertz CT molecular complexity index is 1230. The fraction of sp³-hybridized carbons (Fsp3) is 0.250. The molecule has 6 nitrogen and oxygen atoms in total. The average Bonchev–Trinajstić information content (AvgIpc) is 3.39. The topological polar surface area (TPSA) is 69.9 Å². The van der Waals surface area contributed by atoms with Gasteiger partial charge in [-0.05, 0) is 35.7 Å². The number of carboxylic acids is 1. The van der Waals surface area contributed by atoms with Crippen molar-refractivity contribution in [2.45, 2.75) is 25.4 Å². The summed E-state index contributed by atoms with van der Waals surface area (Å²) in [5, 5.41) is 15.5. The zero-order chi connectivity index (χ0) is 20.7. The molecule has 30 heavy (non-hydrogen) atoms. The molecule has 0 bridgehead atoms. The van der Waals surface area contributed by atoms with E-state index < -0.39 is 5.97 Å². The number of benzene rings is 2. The average molecular weight is 400 g/mol. The molecule has 3 heterocycles. The molecular formula is C24H24N4O2. The van der Waals surface area contributed by atoms with E-state index in [4.69, 9.17) is 5.11 Å². The summed E-state index contributed by atoms with van der Waals surface area (Å²) in [5.74, 6) is -1.01. The monoisotopic (exact) mass is 400 g/mol. The third-order valence-electron chi connectivity index (χ3n) is 5.99. The Morgan fingerprint density at radius 2 is 2.03 bits per heavy atom. The maximum absolute atomic E-state index is 11.2. The Labute approximate surface area is 174 Å². The van der Waals surface area contributed by atoms with Gasteiger partial charge in [0.2, 0.25) is 0 Å². The Balaban J connectivity index is 1.31. The largest absolute Gasteiger partial charge is 0.476 e. The highest BCUT2D eigenvalue weighted by molar-refractivity contribution is 5.86. The number of fused-ring (bicyclic) bond motifs is 2. The van der Waals surface area contributed by atoms with Crippen LogP contribution in [0, 0.1) is 0 Å². The summed E-state index contributed by atoms with van der Waals surface area (Å²) in [4.78, 5) is 17.7. The van der Waals surface area contributed by atoms with Gasteiger partial charge < -0.3 is 19.7 Å². The van der Waals surface area contributed by atoms with Gasteiger partial charge in [-0.25, -0.2) is 9.78 Å². The summed E-state index contributed by atoms with van der Waals surface area (Å²) >= 11 is 0. The number of hydrogen-bond donors (Lipinski definition) is 2. The van der Waals surface area contributed by atoms with Gasteiger partial charge in [-0.15, -0.1) is 0 Å². The highest BCUT2D eigenvalue weighted by atomic mass is 16.4. The van der Waals surface area contributed by atoms with Gasteiger partial charge in [0.25, 0.3) is 0 Å². The lowest BCUT2D eigenvalue weighted by Gasteiger charge is -2.23. The Kier molecular flexibility index (Phi) is 4.64. The van der Waals surface area contributed by atoms with Crippen molar-refractivity contribution in [3.05, 3.63) is 78.2 Å². The number of imidazole rings is 1. The molecule has 5 rings (SSSR count). The second-order valence-electron chi connectivity index (χ2n) is 7.97. The fourth-order valence-corrected chi connectivity index (χ4v) is 4.47. The van der Waals surface area contributed by atoms with Crippen LogP contribution in [0.2, 0.25) is 0 Å². The standard InChI is InChI=1S/C24H24N4O2/c1-16(20-8-4-6-17-5-2-3-7-21(17)20)25-18-9-11-27(14-18)19-10-12-28-15-22(24(29)30)26-23(28)13-19/h2-8,10,12-13,15-16,18,25H,9,11,14H2,1H3,(H,29,30)/t16-,18+/m1/s1. The number of pyridine rings is 1. The predicted molar refractivity (Wildman–Crippen MR) is 118 cm³/mol. The first kappa shape index (κ1) is 18.6. The lowest BCUT2D eigenvalue weighted by atomic mass is 9.99. The van der Waals surface area contributed by atoms with Gasteiger partial charge in [0.05, 0.1) is 0 Å². The number of rotatable bonds is 5. The van der Waals surface area contributed by atoms with E-state index in [1.165, 1.54) is 16.3 Å². The van der Waals surface area contributed by atoms with Crippen LogP contribution in [-0.4, -0.2) is 39.6 Å². The lowest BCUT2D eigenvalue weighted by molar-refractivity contribution is 0.0691. The van der Waals surface area contributed by atoms with Gasteiger partial charge in [0.15, 0.2) is 5.69 Å². The van der Waals surface area contributed by atoms with E-state index in [0.717, 1.165) is 25.2 Å². The fourth-order valence-electron chi connectivity index (χ4n) is 4.47. The van der Waals surface area contributed by atoms with E-state index >= 15 is 0 Å². The zero-order valence-electron chi connectivity index (χ0n) is 16.8. The van der Waals surface area contributed by atoms with Crippen molar-refractivity contribution in [1.29, 1.82) is 0 Å². The lowest BCUT2D eigenvalue weighted by Crippen LogP contribution is -2.34. The number of anilines is 1. The molecule has 2 atom stereocenters. The highest BCUT2D eigenvalue weighted by Crippen LogP contribution is 2.27. The van der Waals surface area contributed by atoms with Crippen LogP contribution in [0.1, 0.15) is 35.4 Å². The molecule has 6 heteroatoms. The molecular weight excluding hydrogens is 376 g/mol. The summed E-state index contributed by atoms with van der Waals surface area (Å²) in [5.41, 5.74) is 3.13. The number of nitrogens with one attached hydrogen (secondary N) is 1. The van der Waals surface area contributed by atoms with Crippen LogP contribution in [0.15, 0.2) is 67.0 Å². The third kappa shape index (κ3) is 3.39. The minimum atomic E-state index is -1.01. The second kappa shape index (κ2) is 7.46. The van der Waals surface area contributed by atoms with Crippen molar-refractivity contribution in [2.75, 3.05) is 18.0 Å². The van der Waals surface area contributed by atoms with Crippen molar-refractivity contribution in [3.8, 4) is 0 Å². The number of hydrogen-bond acceptors (Lipinski definition) is 4. The summed E-state index contributed by atoms with van der Waals surface area (Å²) < 4.78 is 1.75. The molecule has 2 N–H and O–H groups in total. The SMILES string of the molecule is C[C@@H](N[C@H]1CCN(c2ccn3cc(C(=O)O)nc3c2)C1)c1cccc2ccccc12. The summed E-state index contributed by atoms with van der Waals surface area (Å²) in [6.07, 6.45) is 4.49. The van der Waals surface area contributed by atoms with Gasteiger partial charge in [-0.3, -0.25) is 0 Å². The maximum Gasteiger partial charge on any atom is 0.356 e. The molecule has 0 spiro atoms. The summed E-state index contributed by atoms with van der Waals surface area (Å²) in [6.45, 7) is 4.11. The molecule has 0 amide bonds. The van der Waals surface area contributed by atoms with E-state index in [2.05, 4.69) is 64.6 Å². The van der Waals surface area contributed by atoms with Crippen LogP contribution in [0.4, 0.5) is 5.69 Å². The first-order chi connectivity index (χ1) is 14.6. The van der Waals surface area contributed by atoms with Crippen molar-refractivity contribution < 1.29 is 9.90 Å². The van der Waals surface area contributed by atoms with E-state index in [1.807, 2.05) is 18.3 Å². The zero-order valence-corrected chi connectivity index (χ0v) is 16.8. The Hall–Kier alpha value is -3.38. The normalized spacial score (nSPS) is 17.6. The first-order valence-electron chi connectivity index (χ1n) is 10.3. The van der Waals surface area contributed by atoms with Crippen molar-refractivity contribution in [2.24, 2.45) is 0 Å². The van der Waals surface area contributed by atoms with Crippen LogP contribution in [0.5, 0.6) is 0 Å². The Morgan fingerprint density at radius 1 is 1.20 bits per heavy atom. The number of aromatic nitrogens is 2. The van der Waals surface area contributed by atoms with Gasteiger partial charge in [-0.1, -0.05) is 42.5 Å². The van der Waals surface area contributed by atoms with Gasteiger partial charge >= 0.3 is 5.97 Å². The first-order valence-corrected chi connectivity index (χ1v) is 10.3. The van der Waals surface area contributed by atoms with Gasteiger partial charge in [0.1, 0.15) is 5.65 Å². The molecule has 0 aliphatic carbocycles. The molecule has 1 aliphatic rings. The summed E-state index contributed by atoms with van der Waals surface area (Å²) in [6, 6.07) is 19.6. The van der Waals surface area contributed by atoms with E-state index in [1.54, 1.807) is 10.6 Å².